The summed E-state index contributed by atoms with van der Waals surface area (Å²) in [5.74, 6) is 0.453. The Morgan fingerprint density at radius 3 is 2.54 bits per heavy atom. The summed E-state index contributed by atoms with van der Waals surface area (Å²) in [6, 6.07) is 13.6. The number of carbonyl (C=O) groups is 1. The number of methoxy groups -OCH3 is 1. The molecule has 1 aliphatic heterocycles. The van der Waals surface area contributed by atoms with Crippen molar-refractivity contribution < 1.29 is 13.9 Å². The molecule has 126 valence electrons. The molecule has 0 saturated carbocycles. The lowest BCUT2D eigenvalue weighted by molar-refractivity contribution is 0.208. The molecular formula is C18H20FN3O2. The molecule has 0 atom stereocenters. The molecule has 0 radical (unpaired) electrons. The monoisotopic (exact) mass is 329 g/mol. The van der Waals surface area contributed by atoms with E-state index in [1.165, 1.54) is 12.1 Å². The minimum atomic E-state index is -0.365. The topological polar surface area (TPSA) is 44.8 Å². The zero-order valence-electron chi connectivity index (χ0n) is 13.5. The highest BCUT2D eigenvalue weighted by Crippen LogP contribution is 2.22. The molecule has 2 amide bonds. The number of hydrogen-bond donors (Lipinski definition) is 1. The van der Waals surface area contributed by atoms with Crippen LogP contribution in [-0.4, -0.2) is 44.2 Å². The molecule has 1 aliphatic rings. The Hall–Kier alpha value is -2.76. The number of nitrogens with one attached hydrogen (secondary N) is 1. The first kappa shape index (κ1) is 16.1. The Kier molecular flexibility index (Phi) is 4.84. The van der Waals surface area contributed by atoms with Gasteiger partial charge in [0.2, 0.25) is 0 Å². The van der Waals surface area contributed by atoms with Crippen LogP contribution >= 0.6 is 0 Å². The summed E-state index contributed by atoms with van der Waals surface area (Å²) in [5.41, 5.74) is 1.55. The van der Waals surface area contributed by atoms with Gasteiger partial charge in [-0.1, -0.05) is 12.1 Å². The van der Waals surface area contributed by atoms with E-state index in [9.17, 15) is 9.18 Å². The maximum Gasteiger partial charge on any atom is 0.321 e. The van der Waals surface area contributed by atoms with E-state index >= 15 is 0 Å². The van der Waals surface area contributed by atoms with Crippen LogP contribution in [0, 0.1) is 5.82 Å². The van der Waals surface area contributed by atoms with E-state index in [2.05, 4.69) is 10.2 Å². The molecule has 1 N–H and O–H groups in total. The van der Waals surface area contributed by atoms with Crippen molar-refractivity contribution in [3.63, 3.8) is 0 Å². The lowest BCUT2D eigenvalue weighted by Crippen LogP contribution is -2.50. The van der Waals surface area contributed by atoms with Gasteiger partial charge in [0.05, 0.1) is 7.11 Å². The summed E-state index contributed by atoms with van der Waals surface area (Å²) < 4.78 is 18.4. The van der Waals surface area contributed by atoms with Crippen molar-refractivity contribution in [3.05, 3.63) is 54.3 Å². The van der Waals surface area contributed by atoms with Crippen molar-refractivity contribution in [1.29, 1.82) is 0 Å². The van der Waals surface area contributed by atoms with Crippen molar-refractivity contribution in [1.82, 2.24) is 4.90 Å². The normalized spacial score (nSPS) is 14.4. The number of urea groups is 1. The van der Waals surface area contributed by atoms with Crippen molar-refractivity contribution in [2.45, 2.75) is 0 Å². The van der Waals surface area contributed by atoms with Gasteiger partial charge in [-0.15, -0.1) is 0 Å². The Balaban J connectivity index is 1.57. The van der Waals surface area contributed by atoms with Crippen LogP contribution in [0.25, 0.3) is 0 Å². The van der Waals surface area contributed by atoms with E-state index < -0.39 is 0 Å². The van der Waals surface area contributed by atoms with Crippen LogP contribution in [0.2, 0.25) is 0 Å². The van der Waals surface area contributed by atoms with Gasteiger partial charge in [0.25, 0.3) is 0 Å². The number of halogens is 1. The van der Waals surface area contributed by atoms with E-state index in [1.807, 2.05) is 24.3 Å². The van der Waals surface area contributed by atoms with Crippen molar-refractivity contribution in [2.24, 2.45) is 0 Å². The SMILES string of the molecule is COc1cccc(N2CCN(C(=O)Nc3cccc(F)c3)CC2)c1. The quantitative estimate of drug-likeness (QED) is 0.940. The molecule has 3 rings (SSSR count). The summed E-state index contributed by atoms with van der Waals surface area (Å²) in [6.45, 7) is 2.70. The average Bonchev–Trinajstić information content (AvgIpc) is 2.62. The number of piperazine rings is 1. The highest BCUT2D eigenvalue weighted by molar-refractivity contribution is 5.89. The smallest absolute Gasteiger partial charge is 0.321 e. The third-order valence-electron chi connectivity index (χ3n) is 4.06. The fourth-order valence-corrected chi connectivity index (χ4v) is 2.74. The van der Waals surface area contributed by atoms with Crippen LogP contribution in [-0.2, 0) is 0 Å². The first-order valence-corrected chi connectivity index (χ1v) is 7.86. The standard InChI is InChI=1S/C18H20FN3O2/c1-24-17-7-3-6-16(13-17)21-8-10-22(11-9-21)18(23)20-15-5-2-4-14(19)12-15/h2-7,12-13H,8-11H2,1H3,(H,20,23). The summed E-state index contributed by atoms with van der Waals surface area (Å²) in [7, 11) is 1.65. The Labute approximate surface area is 140 Å². The predicted molar refractivity (Wildman–Crippen MR) is 92.2 cm³/mol. The second-order valence-electron chi connectivity index (χ2n) is 5.62. The highest BCUT2D eigenvalue weighted by atomic mass is 19.1. The third-order valence-corrected chi connectivity index (χ3v) is 4.06. The molecule has 6 heteroatoms. The van der Waals surface area contributed by atoms with Gasteiger partial charge in [0.1, 0.15) is 11.6 Å². The van der Waals surface area contributed by atoms with Crippen LogP contribution in [0.1, 0.15) is 0 Å². The van der Waals surface area contributed by atoms with Gasteiger partial charge in [-0.25, -0.2) is 9.18 Å². The minimum Gasteiger partial charge on any atom is -0.497 e. The van der Waals surface area contributed by atoms with Gasteiger partial charge in [-0.05, 0) is 30.3 Å². The van der Waals surface area contributed by atoms with Crippen LogP contribution in [0.4, 0.5) is 20.6 Å². The predicted octanol–water partition coefficient (Wildman–Crippen LogP) is 3.19. The molecule has 2 aromatic carbocycles. The molecule has 0 unspecified atom stereocenters. The van der Waals surface area contributed by atoms with Crippen molar-refractivity contribution >= 4 is 17.4 Å². The number of anilines is 2. The lowest BCUT2D eigenvalue weighted by Gasteiger charge is -2.36. The molecule has 0 bridgehead atoms. The van der Waals surface area contributed by atoms with Crippen LogP contribution in [0.15, 0.2) is 48.5 Å². The van der Waals surface area contributed by atoms with Gasteiger partial charge in [-0.2, -0.15) is 0 Å². The van der Waals surface area contributed by atoms with E-state index in [0.29, 0.717) is 18.8 Å². The number of hydrogen-bond acceptors (Lipinski definition) is 3. The summed E-state index contributed by atoms with van der Waals surface area (Å²) in [6.07, 6.45) is 0. The van der Waals surface area contributed by atoms with E-state index in [-0.39, 0.29) is 11.8 Å². The van der Waals surface area contributed by atoms with Crippen LogP contribution in [0.5, 0.6) is 5.75 Å². The number of rotatable bonds is 3. The second-order valence-corrected chi connectivity index (χ2v) is 5.62. The van der Waals surface area contributed by atoms with E-state index in [4.69, 9.17) is 4.74 Å². The number of nitrogens with zero attached hydrogens (tertiary/aromatic N) is 2. The number of benzene rings is 2. The number of ether oxygens (including phenoxy) is 1. The fraction of sp³-hybridized carbons (Fsp3) is 0.278. The van der Waals surface area contributed by atoms with Crippen LogP contribution in [0.3, 0.4) is 0 Å². The zero-order valence-corrected chi connectivity index (χ0v) is 13.5. The fourth-order valence-electron chi connectivity index (χ4n) is 2.74. The summed E-state index contributed by atoms with van der Waals surface area (Å²) in [4.78, 5) is 16.2. The van der Waals surface area contributed by atoms with E-state index in [1.54, 1.807) is 24.1 Å². The van der Waals surface area contributed by atoms with Gasteiger partial charge in [-0.3, -0.25) is 0 Å². The molecule has 0 aromatic heterocycles. The largest absolute Gasteiger partial charge is 0.497 e. The number of carbonyl (C=O) groups excluding carboxylic acids is 1. The van der Waals surface area contributed by atoms with Gasteiger partial charge in [0, 0.05) is 43.6 Å². The molecule has 5 nitrogen and oxygen atoms in total. The minimum absolute atomic E-state index is 0.203. The Morgan fingerprint density at radius 2 is 1.83 bits per heavy atom. The lowest BCUT2D eigenvalue weighted by atomic mass is 10.2. The van der Waals surface area contributed by atoms with Gasteiger partial charge >= 0.3 is 6.03 Å². The first-order valence-electron chi connectivity index (χ1n) is 7.86. The van der Waals surface area contributed by atoms with E-state index in [0.717, 1.165) is 24.5 Å². The van der Waals surface area contributed by atoms with Crippen molar-refractivity contribution in [3.8, 4) is 5.75 Å². The molecular weight excluding hydrogens is 309 g/mol. The van der Waals surface area contributed by atoms with Crippen molar-refractivity contribution in [2.75, 3.05) is 43.5 Å². The molecule has 1 fully saturated rings. The molecule has 0 spiro atoms. The third kappa shape index (κ3) is 3.76. The molecule has 2 aromatic rings. The molecule has 24 heavy (non-hydrogen) atoms. The highest BCUT2D eigenvalue weighted by Gasteiger charge is 2.21. The van der Waals surface area contributed by atoms with Gasteiger partial charge < -0.3 is 19.9 Å². The maximum atomic E-state index is 13.2. The molecule has 1 saturated heterocycles. The Morgan fingerprint density at radius 1 is 1.08 bits per heavy atom. The molecule has 1 heterocycles. The molecule has 0 aliphatic carbocycles. The second kappa shape index (κ2) is 7.21. The van der Waals surface area contributed by atoms with Crippen LogP contribution < -0.4 is 15.0 Å². The maximum absolute atomic E-state index is 13.2. The Bertz CT molecular complexity index is 715. The summed E-state index contributed by atoms with van der Waals surface area (Å²) >= 11 is 0. The first-order chi connectivity index (χ1) is 11.7. The average molecular weight is 329 g/mol. The number of amides is 2. The zero-order chi connectivity index (χ0) is 16.9. The van der Waals surface area contributed by atoms with Gasteiger partial charge in [0.15, 0.2) is 0 Å². The summed E-state index contributed by atoms with van der Waals surface area (Å²) in [5, 5.41) is 2.73.